The second-order valence-corrected chi connectivity index (χ2v) is 6.20. The zero-order valence-corrected chi connectivity index (χ0v) is 12.6. The molecule has 1 fully saturated rings. The van der Waals surface area contributed by atoms with Gasteiger partial charge >= 0.3 is 0 Å². The third kappa shape index (κ3) is 2.35. The summed E-state index contributed by atoms with van der Waals surface area (Å²) in [5.74, 6) is 0. The molecule has 0 saturated heterocycles. The molecule has 2 aromatic carbocycles. The van der Waals surface area contributed by atoms with E-state index >= 15 is 0 Å². The first-order valence-electron chi connectivity index (χ1n) is 8.04. The number of para-hydroxylation sites is 1. The van der Waals surface area contributed by atoms with Gasteiger partial charge in [-0.05, 0) is 30.5 Å². The lowest BCUT2D eigenvalue weighted by atomic mass is 9.88. The summed E-state index contributed by atoms with van der Waals surface area (Å²) in [5.41, 5.74) is 3.61. The van der Waals surface area contributed by atoms with Crippen molar-refractivity contribution in [2.45, 2.75) is 31.2 Å². The molecule has 1 heterocycles. The van der Waals surface area contributed by atoms with Gasteiger partial charge in [0.15, 0.2) is 0 Å². The van der Waals surface area contributed by atoms with E-state index in [9.17, 15) is 0 Å². The Morgan fingerprint density at radius 3 is 2.41 bits per heavy atom. The first-order valence-corrected chi connectivity index (χ1v) is 8.04. The van der Waals surface area contributed by atoms with E-state index in [1.807, 2.05) is 12.3 Å². The van der Waals surface area contributed by atoms with Gasteiger partial charge in [-0.15, -0.1) is 0 Å². The van der Waals surface area contributed by atoms with Gasteiger partial charge in [0, 0.05) is 5.39 Å². The van der Waals surface area contributed by atoms with Crippen molar-refractivity contribution >= 4 is 16.6 Å². The van der Waals surface area contributed by atoms with Crippen LogP contribution in [0.5, 0.6) is 0 Å². The topological polar surface area (TPSA) is 24.9 Å². The molecule has 1 aliphatic rings. The highest BCUT2D eigenvalue weighted by molar-refractivity contribution is 5.81. The summed E-state index contributed by atoms with van der Waals surface area (Å²) in [6, 6.07) is 21.3. The normalized spacial score (nSPS) is 16.7. The Bertz CT molecular complexity index is 774. The monoisotopic (exact) mass is 288 g/mol. The van der Waals surface area contributed by atoms with E-state index in [1.54, 1.807) is 0 Å². The molecule has 1 saturated carbocycles. The van der Waals surface area contributed by atoms with Gasteiger partial charge in [0.2, 0.25) is 0 Å². The number of aromatic nitrogens is 1. The number of anilines is 1. The minimum atomic E-state index is 0.0609. The van der Waals surface area contributed by atoms with Gasteiger partial charge < -0.3 is 5.32 Å². The number of hydrogen-bond donors (Lipinski definition) is 1. The van der Waals surface area contributed by atoms with E-state index in [2.05, 4.69) is 64.9 Å². The molecular formula is C20H20N2. The highest BCUT2D eigenvalue weighted by Crippen LogP contribution is 2.41. The lowest BCUT2D eigenvalue weighted by molar-refractivity contribution is 0.508. The molecule has 1 aromatic heterocycles. The number of hydrogen-bond acceptors (Lipinski definition) is 2. The third-order valence-corrected chi connectivity index (χ3v) is 4.76. The number of fused-ring (bicyclic) bond motifs is 1. The zero-order valence-electron chi connectivity index (χ0n) is 12.6. The van der Waals surface area contributed by atoms with Gasteiger partial charge in [0.25, 0.3) is 0 Å². The smallest absolute Gasteiger partial charge is 0.0703 e. The molecule has 22 heavy (non-hydrogen) atoms. The van der Waals surface area contributed by atoms with Crippen LogP contribution >= 0.6 is 0 Å². The molecule has 2 nitrogen and oxygen atoms in total. The van der Waals surface area contributed by atoms with Gasteiger partial charge in [0.05, 0.1) is 22.9 Å². The fourth-order valence-corrected chi connectivity index (χ4v) is 3.64. The summed E-state index contributed by atoms with van der Waals surface area (Å²) in [5, 5.41) is 4.99. The van der Waals surface area contributed by atoms with Crippen LogP contribution < -0.4 is 5.32 Å². The second-order valence-electron chi connectivity index (χ2n) is 6.20. The van der Waals surface area contributed by atoms with E-state index in [4.69, 9.17) is 0 Å². The molecule has 0 atom stereocenters. The Balaban J connectivity index is 1.72. The van der Waals surface area contributed by atoms with Crippen molar-refractivity contribution in [3.63, 3.8) is 0 Å². The van der Waals surface area contributed by atoms with Crippen LogP contribution in [-0.2, 0) is 5.54 Å². The van der Waals surface area contributed by atoms with E-state index in [0.717, 1.165) is 11.2 Å². The maximum atomic E-state index is 4.59. The largest absolute Gasteiger partial charge is 0.374 e. The lowest BCUT2D eigenvalue weighted by Gasteiger charge is -2.32. The Labute approximate surface area is 131 Å². The van der Waals surface area contributed by atoms with E-state index < -0.39 is 0 Å². The van der Waals surface area contributed by atoms with Crippen LogP contribution in [-0.4, -0.2) is 4.98 Å². The molecule has 0 radical (unpaired) electrons. The highest BCUT2D eigenvalue weighted by atomic mass is 15.0. The number of nitrogens with zero attached hydrogens (tertiary/aromatic N) is 1. The predicted molar refractivity (Wildman–Crippen MR) is 92.0 cm³/mol. The molecule has 1 aliphatic carbocycles. The zero-order chi connectivity index (χ0) is 14.8. The molecule has 110 valence electrons. The summed E-state index contributed by atoms with van der Waals surface area (Å²) >= 11 is 0. The maximum absolute atomic E-state index is 4.59. The average molecular weight is 288 g/mol. The van der Waals surface area contributed by atoms with Crippen molar-refractivity contribution in [2.75, 3.05) is 5.32 Å². The summed E-state index contributed by atoms with van der Waals surface area (Å²) in [6.45, 7) is 0. The average Bonchev–Trinajstić information content (AvgIpc) is 3.05. The molecule has 3 aromatic rings. The Kier molecular flexibility index (Phi) is 3.30. The molecule has 4 rings (SSSR count). The van der Waals surface area contributed by atoms with Crippen LogP contribution in [0, 0.1) is 0 Å². The Morgan fingerprint density at radius 1 is 0.864 bits per heavy atom. The molecule has 0 bridgehead atoms. The van der Waals surface area contributed by atoms with Crippen LogP contribution in [0.25, 0.3) is 10.9 Å². The second kappa shape index (κ2) is 5.45. The number of nitrogens with one attached hydrogen (secondary N) is 1. The molecular weight excluding hydrogens is 268 g/mol. The molecule has 0 aliphatic heterocycles. The first kappa shape index (κ1) is 13.3. The van der Waals surface area contributed by atoms with Crippen molar-refractivity contribution in [1.82, 2.24) is 4.98 Å². The number of pyridine rings is 1. The molecule has 1 N–H and O–H groups in total. The molecule has 0 amide bonds. The van der Waals surface area contributed by atoms with Crippen molar-refractivity contribution < 1.29 is 0 Å². The maximum Gasteiger partial charge on any atom is 0.0703 e. The van der Waals surface area contributed by atoms with Gasteiger partial charge in [-0.1, -0.05) is 61.4 Å². The van der Waals surface area contributed by atoms with E-state index in [0.29, 0.717) is 0 Å². The lowest BCUT2D eigenvalue weighted by Crippen LogP contribution is -2.32. The van der Waals surface area contributed by atoms with Crippen molar-refractivity contribution in [3.8, 4) is 0 Å². The van der Waals surface area contributed by atoms with Crippen LogP contribution in [0.15, 0.2) is 66.9 Å². The van der Waals surface area contributed by atoms with Crippen molar-refractivity contribution in [3.05, 3.63) is 72.4 Å². The fourth-order valence-electron chi connectivity index (χ4n) is 3.64. The van der Waals surface area contributed by atoms with Crippen molar-refractivity contribution in [1.29, 1.82) is 0 Å². The van der Waals surface area contributed by atoms with Crippen LogP contribution in [0.1, 0.15) is 31.2 Å². The van der Waals surface area contributed by atoms with Gasteiger partial charge in [-0.25, -0.2) is 0 Å². The number of benzene rings is 2. The van der Waals surface area contributed by atoms with Crippen LogP contribution in [0.4, 0.5) is 5.69 Å². The van der Waals surface area contributed by atoms with Crippen LogP contribution in [0.2, 0.25) is 0 Å². The molecule has 0 unspecified atom stereocenters. The summed E-state index contributed by atoms with van der Waals surface area (Å²) in [7, 11) is 0. The highest BCUT2D eigenvalue weighted by Gasteiger charge is 2.35. The van der Waals surface area contributed by atoms with Gasteiger partial charge in [-0.3, -0.25) is 4.98 Å². The van der Waals surface area contributed by atoms with Crippen molar-refractivity contribution in [2.24, 2.45) is 0 Å². The quantitative estimate of drug-likeness (QED) is 0.724. The van der Waals surface area contributed by atoms with Gasteiger partial charge in [-0.2, -0.15) is 0 Å². The summed E-state index contributed by atoms with van der Waals surface area (Å²) in [4.78, 5) is 4.59. The summed E-state index contributed by atoms with van der Waals surface area (Å²) < 4.78 is 0. The fraction of sp³-hybridized carbons (Fsp3) is 0.250. The summed E-state index contributed by atoms with van der Waals surface area (Å²) in [6.07, 6.45) is 6.89. The molecule has 0 spiro atoms. The minimum absolute atomic E-state index is 0.0609. The molecule has 2 heteroatoms. The first-order chi connectivity index (χ1) is 10.9. The third-order valence-electron chi connectivity index (χ3n) is 4.76. The van der Waals surface area contributed by atoms with E-state index in [1.165, 1.54) is 36.6 Å². The Hall–Kier alpha value is -2.35. The number of rotatable bonds is 3. The predicted octanol–water partition coefficient (Wildman–Crippen LogP) is 5.12. The van der Waals surface area contributed by atoms with Crippen LogP contribution in [0.3, 0.4) is 0 Å². The van der Waals surface area contributed by atoms with E-state index in [-0.39, 0.29) is 5.54 Å². The Morgan fingerprint density at radius 2 is 1.59 bits per heavy atom. The van der Waals surface area contributed by atoms with Gasteiger partial charge in [0.1, 0.15) is 0 Å². The standard InChI is InChI=1S/C20H20N2/c1-2-9-17(10-3-1)20(12-6-7-13-20)22-18-14-16-8-4-5-11-19(16)21-15-18/h1-5,8-11,14-15,22H,6-7,12-13H2. The SMILES string of the molecule is c1ccc(C2(Nc3cnc4ccccc4c3)CCCC2)cc1. The minimum Gasteiger partial charge on any atom is -0.374 e.